The lowest BCUT2D eigenvalue weighted by Crippen LogP contribution is -2.39. The Hall–Kier alpha value is -0.300. The highest BCUT2D eigenvalue weighted by Crippen LogP contribution is 2.22. The van der Waals surface area contributed by atoms with Crippen LogP contribution in [0.25, 0.3) is 0 Å². The maximum atomic E-state index is 3.75. The van der Waals surface area contributed by atoms with Crippen LogP contribution in [-0.2, 0) is 0 Å². The van der Waals surface area contributed by atoms with Gasteiger partial charge in [0.15, 0.2) is 0 Å². The molecule has 0 fully saturated rings. The Morgan fingerprint density at radius 2 is 2.00 bits per heavy atom. The normalized spacial score (nSPS) is 14.3. The third kappa shape index (κ3) is 4.55. The summed E-state index contributed by atoms with van der Waals surface area (Å²) in [4.78, 5) is 0. The summed E-state index contributed by atoms with van der Waals surface area (Å²) >= 11 is 0. The van der Waals surface area contributed by atoms with Crippen molar-refractivity contribution in [3.05, 3.63) is 12.7 Å². The van der Waals surface area contributed by atoms with Crippen LogP contribution in [0.15, 0.2) is 12.7 Å². The molecule has 1 unspecified atom stereocenters. The predicted molar refractivity (Wildman–Crippen MR) is 56.4 cm³/mol. The van der Waals surface area contributed by atoms with Crippen LogP contribution in [0.4, 0.5) is 0 Å². The zero-order valence-electron chi connectivity index (χ0n) is 8.98. The lowest BCUT2D eigenvalue weighted by Gasteiger charge is -2.31. The Kier molecular flexibility index (Phi) is 5.23. The van der Waals surface area contributed by atoms with E-state index >= 15 is 0 Å². The van der Waals surface area contributed by atoms with E-state index in [1.807, 2.05) is 6.08 Å². The summed E-state index contributed by atoms with van der Waals surface area (Å²) in [6.07, 6.45) is 4.30. The van der Waals surface area contributed by atoms with Crippen molar-refractivity contribution in [3.8, 4) is 0 Å². The minimum Gasteiger partial charge on any atom is -0.314 e. The van der Waals surface area contributed by atoms with Crippen LogP contribution < -0.4 is 5.32 Å². The van der Waals surface area contributed by atoms with E-state index in [0.29, 0.717) is 11.5 Å². The largest absolute Gasteiger partial charge is 0.314 e. The summed E-state index contributed by atoms with van der Waals surface area (Å²) in [5.41, 5.74) is 0.360. The highest BCUT2D eigenvalue weighted by atomic mass is 14.9. The first kappa shape index (κ1) is 11.7. The Labute approximate surface area is 77.2 Å². The van der Waals surface area contributed by atoms with Gasteiger partial charge in [0.05, 0.1) is 0 Å². The fourth-order valence-electron chi connectivity index (χ4n) is 1.37. The molecule has 1 N–H and O–H groups in total. The van der Waals surface area contributed by atoms with Crippen molar-refractivity contribution in [1.82, 2.24) is 5.32 Å². The average Bonchev–Trinajstić information content (AvgIpc) is 1.95. The first-order valence-electron chi connectivity index (χ1n) is 4.86. The first-order valence-corrected chi connectivity index (χ1v) is 4.86. The van der Waals surface area contributed by atoms with Gasteiger partial charge in [0, 0.05) is 6.04 Å². The van der Waals surface area contributed by atoms with Crippen molar-refractivity contribution in [1.29, 1.82) is 0 Å². The summed E-state index contributed by atoms with van der Waals surface area (Å²) in [6.45, 7) is 13.8. The Bertz CT molecular complexity index is 121. The molecule has 0 saturated carbocycles. The lowest BCUT2D eigenvalue weighted by atomic mass is 9.84. The molecule has 0 amide bonds. The van der Waals surface area contributed by atoms with Gasteiger partial charge in [-0.25, -0.2) is 0 Å². The van der Waals surface area contributed by atoms with Gasteiger partial charge < -0.3 is 5.32 Å². The SMILES string of the molecule is C=CCCC(NCC)C(C)(C)C. The number of allylic oxidation sites excluding steroid dienone is 1. The molecule has 0 aliphatic heterocycles. The van der Waals surface area contributed by atoms with Crippen LogP contribution in [0.3, 0.4) is 0 Å². The smallest absolute Gasteiger partial charge is 0.0118 e. The molecule has 72 valence electrons. The van der Waals surface area contributed by atoms with Gasteiger partial charge in [0.25, 0.3) is 0 Å². The van der Waals surface area contributed by atoms with Crippen molar-refractivity contribution in [2.24, 2.45) is 5.41 Å². The monoisotopic (exact) mass is 169 g/mol. The van der Waals surface area contributed by atoms with E-state index in [-0.39, 0.29) is 0 Å². The average molecular weight is 169 g/mol. The van der Waals surface area contributed by atoms with Crippen molar-refractivity contribution >= 4 is 0 Å². The van der Waals surface area contributed by atoms with Gasteiger partial charge in [-0.1, -0.05) is 33.8 Å². The second-order valence-electron chi connectivity index (χ2n) is 4.34. The number of hydrogen-bond donors (Lipinski definition) is 1. The molecule has 0 spiro atoms. The summed E-state index contributed by atoms with van der Waals surface area (Å²) < 4.78 is 0. The Morgan fingerprint density at radius 3 is 2.33 bits per heavy atom. The van der Waals surface area contributed by atoms with Crippen molar-refractivity contribution in [2.45, 2.75) is 46.6 Å². The molecule has 12 heavy (non-hydrogen) atoms. The van der Waals surface area contributed by atoms with Gasteiger partial charge in [-0.3, -0.25) is 0 Å². The van der Waals surface area contributed by atoms with Crippen LogP contribution in [0.2, 0.25) is 0 Å². The Morgan fingerprint density at radius 1 is 1.42 bits per heavy atom. The van der Waals surface area contributed by atoms with Crippen LogP contribution in [-0.4, -0.2) is 12.6 Å². The molecule has 0 aromatic rings. The summed E-state index contributed by atoms with van der Waals surface area (Å²) in [7, 11) is 0. The summed E-state index contributed by atoms with van der Waals surface area (Å²) in [5.74, 6) is 0. The molecule has 1 nitrogen and oxygen atoms in total. The molecule has 0 aliphatic carbocycles. The van der Waals surface area contributed by atoms with Crippen LogP contribution in [0, 0.1) is 5.41 Å². The molecule has 0 aliphatic rings. The van der Waals surface area contributed by atoms with Gasteiger partial charge in [-0.05, 0) is 24.8 Å². The molecule has 0 saturated heterocycles. The summed E-state index contributed by atoms with van der Waals surface area (Å²) in [6, 6.07) is 0.612. The van der Waals surface area contributed by atoms with Crippen LogP contribution in [0.1, 0.15) is 40.5 Å². The zero-order valence-corrected chi connectivity index (χ0v) is 8.98. The maximum Gasteiger partial charge on any atom is 0.0118 e. The number of rotatable bonds is 5. The Balaban J connectivity index is 3.94. The zero-order chi connectivity index (χ0) is 9.61. The van der Waals surface area contributed by atoms with Crippen LogP contribution in [0.5, 0.6) is 0 Å². The fraction of sp³-hybridized carbons (Fsp3) is 0.818. The third-order valence-electron chi connectivity index (χ3n) is 2.16. The van der Waals surface area contributed by atoms with E-state index in [0.717, 1.165) is 13.0 Å². The van der Waals surface area contributed by atoms with E-state index < -0.39 is 0 Å². The molecule has 0 aromatic heterocycles. The molecular formula is C11H23N. The molecule has 0 heterocycles. The molecule has 1 atom stereocenters. The predicted octanol–water partition coefficient (Wildman–Crippen LogP) is 2.98. The highest BCUT2D eigenvalue weighted by molar-refractivity contribution is 4.82. The van der Waals surface area contributed by atoms with Gasteiger partial charge in [-0.2, -0.15) is 0 Å². The molecule has 1 heteroatoms. The topological polar surface area (TPSA) is 12.0 Å². The summed E-state index contributed by atoms with van der Waals surface area (Å²) in [5, 5.41) is 3.51. The molecule has 0 aromatic carbocycles. The lowest BCUT2D eigenvalue weighted by molar-refractivity contribution is 0.259. The molecule has 0 bridgehead atoms. The van der Waals surface area contributed by atoms with Crippen molar-refractivity contribution < 1.29 is 0 Å². The van der Waals surface area contributed by atoms with Gasteiger partial charge in [-0.15, -0.1) is 6.58 Å². The van der Waals surface area contributed by atoms with E-state index in [1.165, 1.54) is 6.42 Å². The first-order chi connectivity index (χ1) is 5.52. The fourth-order valence-corrected chi connectivity index (χ4v) is 1.37. The number of nitrogens with one attached hydrogen (secondary N) is 1. The van der Waals surface area contributed by atoms with E-state index in [2.05, 4.69) is 39.6 Å². The maximum absolute atomic E-state index is 3.75. The van der Waals surface area contributed by atoms with Gasteiger partial charge in [0.1, 0.15) is 0 Å². The van der Waals surface area contributed by atoms with Gasteiger partial charge in [0.2, 0.25) is 0 Å². The highest BCUT2D eigenvalue weighted by Gasteiger charge is 2.22. The van der Waals surface area contributed by atoms with Gasteiger partial charge >= 0.3 is 0 Å². The molecular weight excluding hydrogens is 146 g/mol. The number of hydrogen-bond acceptors (Lipinski definition) is 1. The van der Waals surface area contributed by atoms with E-state index in [4.69, 9.17) is 0 Å². The minimum atomic E-state index is 0.360. The van der Waals surface area contributed by atoms with E-state index in [1.54, 1.807) is 0 Å². The second kappa shape index (κ2) is 5.36. The van der Waals surface area contributed by atoms with E-state index in [9.17, 15) is 0 Å². The standard InChI is InChI=1S/C11H23N/c1-6-8-9-10(12-7-2)11(3,4)5/h6,10,12H,1,7-9H2,2-5H3. The second-order valence-corrected chi connectivity index (χ2v) is 4.34. The van der Waals surface area contributed by atoms with Crippen molar-refractivity contribution in [2.75, 3.05) is 6.54 Å². The molecule has 0 radical (unpaired) electrons. The van der Waals surface area contributed by atoms with Crippen LogP contribution >= 0.6 is 0 Å². The molecule has 0 rings (SSSR count). The quantitative estimate of drug-likeness (QED) is 0.624. The minimum absolute atomic E-state index is 0.360. The third-order valence-corrected chi connectivity index (χ3v) is 2.16. The van der Waals surface area contributed by atoms with Crippen molar-refractivity contribution in [3.63, 3.8) is 0 Å².